The van der Waals surface area contributed by atoms with Crippen LogP contribution >= 0.6 is 0 Å². The van der Waals surface area contributed by atoms with Gasteiger partial charge in [-0.25, -0.2) is 0 Å². The Morgan fingerprint density at radius 1 is 0.310 bits per heavy atom. The Morgan fingerprint density at radius 3 is 0.724 bits per heavy atom. The van der Waals surface area contributed by atoms with Crippen molar-refractivity contribution in [1.29, 1.82) is 0 Å². The first-order valence-corrected chi connectivity index (χ1v) is 10.5. The second-order valence-corrected chi connectivity index (χ2v) is 5.89. The number of ether oxygens (including phenoxy) is 9. The molecule has 0 rings (SSSR count). The molecule has 0 spiro atoms. The second-order valence-electron chi connectivity index (χ2n) is 5.89. The van der Waals surface area contributed by atoms with E-state index in [9.17, 15) is 0 Å². The maximum atomic E-state index is 5.42. The van der Waals surface area contributed by atoms with Gasteiger partial charge in [0.15, 0.2) is 0 Å². The summed E-state index contributed by atoms with van der Waals surface area (Å²) in [5.74, 6) is 0. The number of methoxy groups -OCH3 is 1. The molecular weight excluding hydrogens is 384 g/mol. The average Bonchev–Trinajstić information content (AvgIpc) is 2.74. The average molecular weight is 427 g/mol. The van der Waals surface area contributed by atoms with E-state index in [2.05, 4.69) is 6.92 Å². The van der Waals surface area contributed by atoms with E-state index in [1.807, 2.05) is 0 Å². The van der Waals surface area contributed by atoms with Gasteiger partial charge in [0.25, 0.3) is 0 Å². The molecule has 0 aromatic heterocycles. The molecule has 0 fully saturated rings. The molecular formula is C20H42O9. The van der Waals surface area contributed by atoms with Crippen LogP contribution in [0.4, 0.5) is 0 Å². The lowest BCUT2D eigenvalue weighted by molar-refractivity contribution is -0.0242. The summed E-state index contributed by atoms with van der Waals surface area (Å²) in [5.41, 5.74) is 0. The lowest BCUT2D eigenvalue weighted by atomic mass is 10.5. The zero-order chi connectivity index (χ0) is 21.1. The first kappa shape index (κ1) is 28.6. The van der Waals surface area contributed by atoms with Gasteiger partial charge in [-0.1, -0.05) is 6.92 Å². The van der Waals surface area contributed by atoms with Gasteiger partial charge >= 0.3 is 0 Å². The van der Waals surface area contributed by atoms with E-state index in [4.69, 9.17) is 42.6 Å². The standard InChI is InChI=1S/C20H42O9/c1-3-4-22-7-8-24-11-12-26-15-16-28-19-20-29-18-17-27-14-13-25-10-9-23-6-5-21-2/h3-20H2,1-2H3. The minimum Gasteiger partial charge on any atom is -0.382 e. The summed E-state index contributed by atoms with van der Waals surface area (Å²) in [6.07, 6.45) is 1.03. The Balaban J connectivity index is 2.97. The summed E-state index contributed by atoms with van der Waals surface area (Å²) in [4.78, 5) is 0. The van der Waals surface area contributed by atoms with E-state index >= 15 is 0 Å². The predicted octanol–water partition coefficient (Wildman–Crippen LogP) is 1.18. The molecule has 9 heteroatoms. The van der Waals surface area contributed by atoms with E-state index in [0.29, 0.717) is 106 Å². The van der Waals surface area contributed by atoms with Crippen molar-refractivity contribution in [3.63, 3.8) is 0 Å². The molecule has 0 atom stereocenters. The smallest absolute Gasteiger partial charge is 0.0701 e. The molecule has 0 saturated heterocycles. The summed E-state index contributed by atoms with van der Waals surface area (Å²) in [5, 5.41) is 0. The molecule has 0 bridgehead atoms. The number of rotatable bonds is 26. The van der Waals surface area contributed by atoms with Crippen molar-refractivity contribution in [1.82, 2.24) is 0 Å². The Hall–Kier alpha value is -0.360. The van der Waals surface area contributed by atoms with Crippen molar-refractivity contribution < 1.29 is 42.6 Å². The highest BCUT2D eigenvalue weighted by atomic mass is 16.6. The summed E-state index contributed by atoms with van der Waals surface area (Å²) in [6.45, 7) is 11.9. The van der Waals surface area contributed by atoms with Crippen LogP contribution in [0.2, 0.25) is 0 Å². The third kappa shape index (κ3) is 27.6. The zero-order valence-corrected chi connectivity index (χ0v) is 18.4. The largest absolute Gasteiger partial charge is 0.382 e. The third-order valence-electron chi connectivity index (χ3n) is 3.38. The van der Waals surface area contributed by atoms with Crippen LogP contribution in [0.15, 0.2) is 0 Å². The lowest BCUT2D eigenvalue weighted by Crippen LogP contribution is -2.15. The summed E-state index contributed by atoms with van der Waals surface area (Å²) in [7, 11) is 1.65. The fourth-order valence-electron chi connectivity index (χ4n) is 1.93. The van der Waals surface area contributed by atoms with E-state index in [0.717, 1.165) is 13.0 Å². The van der Waals surface area contributed by atoms with Crippen LogP contribution in [0.1, 0.15) is 13.3 Å². The molecule has 176 valence electrons. The molecule has 0 unspecified atom stereocenters. The molecule has 0 amide bonds. The molecule has 0 aromatic carbocycles. The summed E-state index contributed by atoms with van der Waals surface area (Å²) >= 11 is 0. The van der Waals surface area contributed by atoms with Crippen molar-refractivity contribution in [3.05, 3.63) is 0 Å². The van der Waals surface area contributed by atoms with Gasteiger partial charge < -0.3 is 42.6 Å². The Bertz CT molecular complexity index is 257. The Labute approximate surface area is 176 Å². The highest BCUT2D eigenvalue weighted by Crippen LogP contribution is 1.86. The van der Waals surface area contributed by atoms with Gasteiger partial charge in [-0.05, 0) is 6.42 Å². The van der Waals surface area contributed by atoms with Crippen molar-refractivity contribution in [2.45, 2.75) is 13.3 Å². The van der Waals surface area contributed by atoms with Gasteiger partial charge in [-0.3, -0.25) is 0 Å². The quantitative estimate of drug-likeness (QED) is 0.189. The van der Waals surface area contributed by atoms with Gasteiger partial charge in [-0.2, -0.15) is 0 Å². The molecule has 0 aliphatic carbocycles. The van der Waals surface area contributed by atoms with Gasteiger partial charge in [-0.15, -0.1) is 0 Å². The second kappa shape index (κ2) is 27.6. The Morgan fingerprint density at radius 2 is 0.517 bits per heavy atom. The van der Waals surface area contributed by atoms with Crippen LogP contribution in [0.25, 0.3) is 0 Å². The maximum Gasteiger partial charge on any atom is 0.0701 e. The normalized spacial score (nSPS) is 11.4. The Kier molecular flexibility index (Phi) is 27.3. The lowest BCUT2D eigenvalue weighted by Gasteiger charge is -2.08. The van der Waals surface area contributed by atoms with Crippen LogP contribution in [0, 0.1) is 0 Å². The van der Waals surface area contributed by atoms with Crippen molar-refractivity contribution in [3.8, 4) is 0 Å². The minimum atomic E-state index is 0.541. The maximum absolute atomic E-state index is 5.42. The molecule has 29 heavy (non-hydrogen) atoms. The van der Waals surface area contributed by atoms with Crippen LogP contribution in [-0.4, -0.2) is 119 Å². The van der Waals surface area contributed by atoms with Crippen LogP contribution in [0.3, 0.4) is 0 Å². The van der Waals surface area contributed by atoms with E-state index < -0.39 is 0 Å². The zero-order valence-electron chi connectivity index (χ0n) is 18.4. The van der Waals surface area contributed by atoms with Gasteiger partial charge in [0, 0.05) is 13.7 Å². The third-order valence-corrected chi connectivity index (χ3v) is 3.38. The van der Waals surface area contributed by atoms with Gasteiger partial charge in [0.1, 0.15) is 0 Å². The van der Waals surface area contributed by atoms with Crippen molar-refractivity contribution in [2.24, 2.45) is 0 Å². The van der Waals surface area contributed by atoms with Crippen LogP contribution in [-0.2, 0) is 42.6 Å². The van der Waals surface area contributed by atoms with Crippen LogP contribution < -0.4 is 0 Å². The fraction of sp³-hybridized carbons (Fsp3) is 1.00. The van der Waals surface area contributed by atoms with E-state index in [1.54, 1.807) is 7.11 Å². The molecule has 0 heterocycles. The first-order chi connectivity index (χ1) is 14.4. The monoisotopic (exact) mass is 426 g/mol. The number of hydrogen-bond acceptors (Lipinski definition) is 9. The summed E-state index contributed by atoms with van der Waals surface area (Å²) < 4.78 is 47.9. The molecule has 0 radical (unpaired) electrons. The molecule has 0 aromatic rings. The first-order valence-electron chi connectivity index (χ1n) is 10.5. The van der Waals surface area contributed by atoms with E-state index in [-0.39, 0.29) is 0 Å². The highest BCUT2D eigenvalue weighted by Gasteiger charge is 1.95. The molecule has 0 saturated carbocycles. The van der Waals surface area contributed by atoms with Crippen molar-refractivity contribution in [2.75, 3.05) is 119 Å². The van der Waals surface area contributed by atoms with Crippen molar-refractivity contribution >= 4 is 0 Å². The molecule has 0 N–H and O–H groups in total. The SMILES string of the molecule is CCCOCCOCCOCCOCCOCCOCCOCCOCCOC. The van der Waals surface area contributed by atoms with Gasteiger partial charge in [0.2, 0.25) is 0 Å². The fourth-order valence-corrected chi connectivity index (χ4v) is 1.93. The molecule has 0 aliphatic heterocycles. The predicted molar refractivity (Wildman–Crippen MR) is 109 cm³/mol. The van der Waals surface area contributed by atoms with Crippen LogP contribution in [0.5, 0.6) is 0 Å². The number of hydrogen-bond donors (Lipinski definition) is 0. The highest BCUT2D eigenvalue weighted by molar-refractivity contribution is 4.37. The molecule has 9 nitrogen and oxygen atoms in total. The molecule has 0 aliphatic rings. The minimum absolute atomic E-state index is 0.541. The van der Waals surface area contributed by atoms with E-state index in [1.165, 1.54) is 0 Å². The topological polar surface area (TPSA) is 83.1 Å². The summed E-state index contributed by atoms with van der Waals surface area (Å²) in [6, 6.07) is 0. The van der Waals surface area contributed by atoms with Gasteiger partial charge in [0.05, 0.1) is 106 Å².